The van der Waals surface area contributed by atoms with Gasteiger partial charge in [-0.15, -0.1) is 0 Å². The molecule has 0 spiro atoms. The van der Waals surface area contributed by atoms with Gasteiger partial charge in [0.1, 0.15) is 12.6 Å². The number of carbonyl (C=O) groups excluding carboxylic acids is 1. The van der Waals surface area contributed by atoms with Crippen LogP contribution in [0.15, 0.2) is 58.9 Å². The van der Waals surface area contributed by atoms with Gasteiger partial charge in [0.2, 0.25) is 16.0 Å². The van der Waals surface area contributed by atoms with Crippen LogP contribution < -0.4 is 9.62 Å². The second-order valence-corrected chi connectivity index (χ2v) is 11.5. The molecule has 0 radical (unpaired) electrons. The van der Waals surface area contributed by atoms with Gasteiger partial charge in [0.05, 0.1) is 35.4 Å². The van der Waals surface area contributed by atoms with Crippen LogP contribution in [0.1, 0.15) is 35.7 Å². The van der Waals surface area contributed by atoms with Gasteiger partial charge in [0.15, 0.2) is 0 Å². The summed E-state index contributed by atoms with van der Waals surface area (Å²) >= 11 is 0. The van der Waals surface area contributed by atoms with Crippen LogP contribution in [0.2, 0.25) is 0 Å². The molecule has 11 nitrogen and oxygen atoms in total. The molecule has 1 atom stereocenters. The minimum atomic E-state index is -3.78. The van der Waals surface area contributed by atoms with E-state index in [0.717, 1.165) is 18.4 Å². The van der Waals surface area contributed by atoms with Crippen LogP contribution in [0.25, 0.3) is 0 Å². The average molecular weight is 519 g/mol. The predicted octanol–water partition coefficient (Wildman–Crippen LogP) is 1.35. The number of sulfonamides is 1. The van der Waals surface area contributed by atoms with E-state index in [-0.39, 0.29) is 23.4 Å². The van der Waals surface area contributed by atoms with Crippen LogP contribution in [0, 0.1) is 11.8 Å². The molecule has 1 aliphatic carbocycles. The van der Waals surface area contributed by atoms with Gasteiger partial charge >= 0.3 is 0 Å². The number of guanidine groups is 1. The molecule has 1 fully saturated rings. The number of aryl methyl sites for hydroxylation is 1. The number of fused-ring (bicyclic) bond motifs is 3. The fraction of sp³-hybridized carbons (Fsp3) is 0.360. The molecule has 2 aliphatic heterocycles. The fourth-order valence-electron chi connectivity index (χ4n) is 4.56. The zero-order valence-corrected chi connectivity index (χ0v) is 21.3. The topological polar surface area (TPSA) is 118 Å². The standard InChI is InChI=1S/C25H26N8O3S/c1-25(8-9-25)29-37(35,36)20-6-7-22-21(13-20)23(34)32(17-18-14-28-30(2)16-18)24-26-15-19(33(22)24)5-3-11-31-12-4-10-27-31/h4,6-7,10,12-14,16,19,29H,8-9,11,15,17H2,1-2H3/t19-/m1/s1. The third kappa shape index (κ3) is 4.41. The lowest BCUT2D eigenvalue weighted by Crippen LogP contribution is -2.52. The van der Waals surface area contributed by atoms with E-state index < -0.39 is 15.6 Å². The Balaban J connectivity index is 1.38. The first-order valence-corrected chi connectivity index (χ1v) is 13.5. The maximum Gasteiger partial charge on any atom is 0.263 e. The van der Waals surface area contributed by atoms with Crippen molar-refractivity contribution in [3.8, 4) is 11.8 Å². The van der Waals surface area contributed by atoms with Crippen molar-refractivity contribution in [1.29, 1.82) is 0 Å². The first kappa shape index (κ1) is 23.4. The van der Waals surface area contributed by atoms with Crippen LogP contribution >= 0.6 is 0 Å². The second kappa shape index (κ2) is 8.57. The summed E-state index contributed by atoms with van der Waals surface area (Å²) in [6.07, 6.45) is 8.67. The maximum absolute atomic E-state index is 13.8. The Morgan fingerprint density at radius 3 is 2.78 bits per heavy atom. The Bertz CT molecular complexity index is 1570. The number of benzene rings is 1. The van der Waals surface area contributed by atoms with E-state index >= 15 is 0 Å². The minimum Gasteiger partial charge on any atom is -0.295 e. The average Bonchev–Trinajstić information content (AvgIpc) is 3.28. The zero-order valence-electron chi connectivity index (χ0n) is 20.5. The predicted molar refractivity (Wildman–Crippen MR) is 136 cm³/mol. The van der Waals surface area contributed by atoms with Gasteiger partial charge in [-0.25, -0.2) is 18.1 Å². The number of hydrogen-bond donors (Lipinski definition) is 1. The molecule has 3 aromatic rings. The molecule has 0 bridgehead atoms. The van der Waals surface area contributed by atoms with Gasteiger partial charge in [-0.05, 0) is 44.0 Å². The summed E-state index contributed by atoms with van der Waals surface area (Å²) in [5.41, 5.74) is 1.31. The highest BCUT2D eigenvalue weighted by molar-refractivity contribution is 7.89. The molecule has 2 aromatic heterocycles. The Hall–Kier alpha value is -3.95. The van der Waals surface area contributed by atoms with Gasteiger partial charge in [-0.2, -0.15) is 10.2 Å². The third-order valence-corrected chi connectivity index (χ3v) is 8.37. The van der Waals surface area contributed by atoms with Crippen molar-refractivity contribution >= 4 is 27.6 Å². The van der Waals surface area contributed by atoms with Crippen molar-refractivity contribution in [3.05, 3.63) is 60.2 Å². The normalized spacial score (nSPS) is 19.7. The smallest absolute Gasteiger partial charge is 0.263 e. The summed E-state index contributed by atoms with van der Waals surface area (Å²) in [5, 5.41) is 8.39. The van der Waals surface area contributed by atoms with E-state index in [4.69, 9.17) is 0 Å². The summed E-state index contributed by atoms with van der Waals surface area (Å²) in [4.78, 5) is 22.0. The van der Waals surface area contributed by atoms with Crippen molar-refractivity contribution < 1.29 is 13.2 Å². The van der Waals surface area contributed by atoms with Crippen LogP contribution in [0.4, 0.5) is 5.69 Å². The maximum atomic E-state index is 13.8. The number of rotatable bonds is 6. The lowest BCUT2D eigenvalue weighted by atomic mass is 10.1. The molecule has 0 unspecified atom stereocenters. The molecule has 1 aromatic carbocycles. The van der Waals surface area contributed by atoms with Crippen LogP contribution in [0.5, 0.6) is 0 Å². The van der Waals surface area contributed by atoms with E-state index in [0.29, 0.717) is 30.3 Å². The Morgan fingerprint density at radius 1 is 1.24 bits per heavy atom. The molecule has 1 saturated carbocycles. The minimum absolute atomic E-state index is 0.0648. The Labute approximate surface area is 214 Å². The van der Waals surface area contributed by atoms with Gasteiger partial charge < -0.3 is 0 Å². The van der Waals surface area contributed by atoms with E-state index in [1.807, 2.05) is 37.3 Å². The molecule has 1 amide bonds. The van der Waals surface area contributed by atoms with Crippen molar-refractivity contribution in [3.63, 3.8) is 0 Å². The lowest BCUT2D eigenvalue weighted by molar-refractivity contribution is 0.0833. The number of anilines is 1. The number of aromatic nitrogens is 4. The first-order chi connectivity index (χ1) is 17.7. The molecular formula is C25H26N8O3S. The van der Waals surface area contributed by atoms with Crippen molar-refractivity contribution in [2.24, 2.45) is 12.0 Å². The van der Waals surface area contributed by atoms with Crippen LogP contribution in [0.3, 0.4) is 0 Å². The summed E-state index contributed by atoms with van der Waals surface area (Å²) < 4.78 is 32.3. The number of carbonyl (C=O) groups is 1. The van der Waals surface area contributed by atoms with Crippen molar-refractivity contribution in [2.75, 3.05) is 11.4 Å². The molecule has 3 aliphatic rings. The van der Waals surface area contributed by atoms with E-state index in [9.17, 15) is 13.2 Å². The molecular weight excluding hydrogens is 492 g/mol. The molecule has 12 heteroatoms. The van der Waals surface area contributed by atoms with E-state index in [1.165, 1.54) is 6.07 Å². The third-order valence-electron chi connectivity index (χ3n) is 6.74. The molecule has 6 rings (SSSR count). The van der Waals surface area contributed by atoms with E-state index in [2.05, 4.69) is 31.8 Å². The highest BCUT2D eigenvalue weighted by Crippen LogP contribution is 2.38. The summed E-state index contributed by atoms with van der Waals surface area (Å²) in [7, 11) is -1.97. The Morgan fingerprint density at radius 2 is 2.08 bits per heavy atom. The van der Waals surface area contributed by atoms with Gasteiger partial charge in [-0.1, -0.05) is 11.8 Å². The molecule has 190 valence electrons. The van der Waals surface area contributed by atoms with Gasteiger partial charge in [-0.3, -0.25) is 24.0 Å². The largest absolute Gasteiger partial charge is 0.295 e. The molecule has 37 heavy (non-hydrogen) atoms. The quantitative estimate of drug-likeness (QED) is 0.493. The fourth-order valence-corrected chi connectivity index (χ4v) is 6.05. The van der Waals surface area contributed by atoms with Gasteiger partial charge in [0.25, 0.3) is 5.91 Å². The molecule has 0 saturated heterocycles. The zero-order chi connectivity index (χ0) is 25.8. The number of aliphatic imine (C=N–C) groups is 1. The number of nitrogens with one attached hydrogen (secondary N) is 1. The van der Waals surface area contributed by atoms with Crippen molar-refractivity contribution in [1.82, 2.24) is 29.2 Å². The summed E-state index contributed by atoms with van der Waals surface area (Å²) in [6, 6.07) is 6.22. The van der Waals surface area contributed by atoms with Crippen LogP contribution in [-0.4, -0.2) is 62.9 Å². The van der Waals surface area contributed by atoms with Crippen LogP contribution in [-0.2, 0) is 30.2 Å². The summed E-state index contributed by atoms with van der Waals surface area (Å²) in [6.45, 7) is 2.95. The molecule has 1 N–H and O–H groups in total. The number of amides is 1. The number of hydrogen-bond acceptors (Lipinski definition) is 7. The van der Waals surface area contributed by atoms with E-state index in [1.54, 1.807) is 38.8 Å². The van der Waals surface area contributed by atoms with Crippen molar-refractivity contribution in [2.45, 2.75) is 49.3 Å². The summed E-state index contributed by atoms with van der Waals surface area (Å²) in [5.74, 6) is 6.60. The lowest BCUT2D eigenvalue weighted by Gasteiger charge is -2.37. The number of nitrogens with zero attached hydrogens (tertiary/aromatic N) is 7. The second-order valence-electron chi connectivity index (χ2n) is 9.81. The highest BCUT2D eigenvalue weighted by atomic mass is 32.2. The highest BCUT2D eigenvalue weighted by Gasteiger charge is 2.44. The Kier molecular flexibility index (Phi) is 5.43. The first-order valence-electron chi connectivity index (χ1n) is 12.0. The SMILES string of the molecule is Cn1cc(CN2C(=O)c3cc(S(=O)(=O)NC4(C)CC4)ccc3N3C2=NC[C@H]3C#CCn2cccn2)cn1. The van der Waals surface area contributed by atoms with Gasteiger partial charge in [0, 0.05) is 36.7 Å². The molecule has 4 heterocycles. The monoisotopic (exact) mass is 518 g/mol.